The zero-order chi connectivity index (χ0) is 18.3. The third-order valence-electron chi connectivity index (χ3n) is 5.13. The molecule has 1 amide bonds. The van der Waals surface area contributed by atoms with Crippen LogP contribution < -0.4 is 4.90 Å². The largest absolute Gasteiger partial charge is 0.340 e. The minimum Gasteiger partial charge on any atom is -0.340 e. The summed E-state index contributed by atoms with van der Waals surface area (Å²) in [5.41, 5.74) is 0.603. The van der Waals surface area contributed by atoms with Crippen LogP contribution in [0, 0.1) is 23.2 Å². The van der Waals surface area contributed by atoms with Crippen LogP contribution in [0.5, 0.6) is 0 Å². The number of alkyl halides is 1. The zero-order valence-corrected chi connectivity index (χ0v) is 14.3. The molecular weight excluding hydrogens is 337 g/mol. The highest BCUT2D eigenvalue weighted by Gasteiger charge is 2.43. The van der Waals surface area contributed by atoms with Crippen LogP contribution in [-0.4, -0.2) is 64.8 Å². The van der Waals surface area contributed by atoms with Gasteiger partial charge in [-0.15, -0.1) is 0 Å². The zero-order valence-electron chi connectivity index (χ0n) is 14.3. The fourth-order valence-electron chi connectivity index (χ4n) is 3.79. The van der Waals surface area contributed by atoms with Crippen LogP contribution in [-0.2, 0) is 4.79 Å². The van der Waals surface area contributed by atoms with E-state index in [1.54, 1.807) is 19.2 Å². The molecule has 1 aromatic heterocycles. The Labute approximate surface area is 150 Å². The summed E-state index contributed by atoms with van der Waals surface area (Å²) < 4.78 is 13.8. The number of hydrogen-bond donors (Lipinski definition) is 0. The minimum absolute atomic E-state index is 0.250. The SMILES string of the molecule is CCC1=NC(N2CC3CN(c4nccc(C#N)n4)CC3C2)=NC(=O)C1F. The Morgan fingerprint density at radius 2 is 1.92 bits per heavy atom. The molecule has 2 saturated heterocycles. The van der Waals surface area contributed by atoms with Gasteiger partial charge in [0.25, 0.3) is 5.91 Å². The number of nitriles is 1. The van der Waals surface area contributed by atoms with E-state index in [-0.39, 0.29) is 5.71 Å². The third-order valence-corrected chi connectivity index (χ3v) is 5.13. The van der Waals surface area contributed by atoms with Crippen molar-refractivity contribution in [1.82, 2.24) is 14.9 Å². The Balaban J connectivity index is 1.46. The maximum atomic E-state index is 13.8. The predicted octanol–water partition coefficient (Wildman–Crippen LogP) is 0.802. The lowest BCUT2D eigenvalue weighted by atomic mass is 10.0. The van der Waals surface area contributed by atoms with Crippen molar-refractivity contribution in [1.29, 1.82) is 5.26 Å². The molecule has 3 aliphatic rings. The van der Waals surface area contributed by atoms with Crippen molar-refractivity contribution in [2.45, 2.75) is 19.5 Å². The van der Waals surface area contributed by atoms with E-state index in [0.717, 1.165) is 13.1 Å². The van der Waals surface area contributed by atoms with Gasteiger partial charge in [-0.2, -0.15) is 10.3 Å². The molecule has 8 nitrogen and oxygen atoms in total. The van der Waals surface area contributed by atoms with E-state index in [2.05, 4.69) is 24.9 Å². The fraction of sp³-hybridized carbons (Fsp3) is 0.529. The van der Waals surface area contributed by atoms with Gasteiger partial charge in [-0.05, 0) is 12.5 Å². The van der Waals surface area contributed by atoms with Gasteiger partial charge in [-0.1, -0.05) is 6.92 Å². The van der Waals surface area contributed by atoms with Crippen LogP contribution in [0.4, 0.5) is 10.3 Å². The first-order chi connectivity index (χ1) is 12.6. The molecule has 3 atom stereocenters. The van der Waals surface area contributed by atoms with Gasteiger partial charge in [-0.3, -0.25) is 4.79 Å². The van der Waals surface area contributed by atoms with E-state index >= 15 is 0 Å². The molecule has 4 rings (SSSR count). The topological polar surface area (TPSA) is 97.8 Å². The number of nitrogens with zero attached hydrogens (tertiary/aromatic N) is 7. The quantitative estimate of drug-likeness (QED) is 0.778. The number of hydrogen-bond acceptors (Lipinski definition) is 7. The monoisotopic (exact) mass is 355 g/mol. The van der Waals surface area contributed by atoms with Crippen molar-refractivity contribution in [2.24, 2.45) is 21.8 Å². The van der Waals surface area contributed by atoms with Crippen molar-refractivity contribution >= 4 is 23.5 Å². The lowest BCUT2D eigenvalue weighted by Crippen LogP contribution is -2.38. The van der Waals surface area contributed by atoms with Gasteiger partial charge in [0.05, 0.1) is 5.71 Å². The highest BCUT2D eigenvalue weighted by molar-refractivity contribution is 6.17. The van der Waals surface area contributed by atoms with Crippen molar-refractivity contribution in [2.75, 3.05) is 31.1 Å². The third kappa shape index (κ3) is 2.81. The van der Waals surface area contributed by atoms with Gasteiger partial charge in [-0.25, -0.2) is 19.4 Å². The number of amides is 1. The molecule has 0 radical (unpaired) electrons. The summed E-state index contributed by atoms with van der Waals surface area (Å²) in [6.07, 6.45) is 0.288. The minimum atomic E-state index is -1.70. The number of carbonyl (C=O) groups excluding carboxylic acids is 1. The first-order valence-electron chi connectivity index (χ1n) is 8.66. The molecule has 4 heterocycles. The molecule has 0 saturated carbocycles. The lowest BCUT2D eigenvalue weighted by molar-refractivity contribution is -0.120. The second-order valence-electron chi connectivity index (χ2n) is 6.75. The number of rotatable bonds is 2. The van der Waals surface area contributed by atoms with Crippen molar-refractivity contribution in [3.8, 4) is 6.07 Å². The summed E-state index contributed by atoms with van der Waals surface area (Å²) in [5.74, 6) is 0.884. The lowest BCUT2D eigenvalue weighted by Gasteiger charge is -2.24. The molecule has 3 aliphatic heterocycles. The molecule has 0 aromatic carbocycles. The maximum Gasteiger partial charge on any atom is 0.289 e. The van der Waals surface area contributed by atoms with Crippen LogP contribution in [0.2, 0.25) is 0 Å². The Kier molecular flexibility index (Phi) is 4.11. The smallest absolute Gasteiger partial charge is 0.289 e. The molecule has 9 heteroatoms. The van der Waals surface area contributed by atoms with Gasteiger partial charge >= 0.3 is 0 Å². The summed E-state index contributed by atoms with van der Waals surface area (Å²) in [4.78, 5) is 32.4. The van der Waals surface area contributed by atoms with Gasteiger partial charge in [0.1, 0.15) is 11.8 Å². The van der Waals surface area contributed by atoms with Crippen LogP contribution in [0.15, 0.2) is 22.2 Å². The van der Waals surface area contributed by atoms with E-state index in [9.17, 15) is 9.18 Å². The molecule has 0 spiro atoms. The summed E-state index contributed by atoms with van der Waals surface area (Å²) >= 11 is 0. The normalized spacial score (nSPS) is 27.9. The number of guanidine groups is 1. The van der Waals surface area contributed by atoms with Crippen molar-refractivity contribution < 1.29 is 9.18 Å². The van der Waals surface area contributed by atoms with Crippen molar-refractivity contribution in [3.63, 3.8) is 0 Å². The van der Waals surface area contributed by atoms with Gasteiger partial charge < -0.3 is 9.80 Å². The number of carbonyl (C=O) groups is 1. The molecule has 26 heavy (non-hydrogen) atoms. The average molecular weight is 355 g/mol. The standard InChI is InChI=1S/C17H18FN7O/c1-2-13-14(18)15(26)23-17(22-13)25-8-10-6-24(7-11(10)9-25)16-20-4-3-12(5-19)21-16/h3-4,10-11,14H,2,6-9H2,1H3. The summed E-state index contributed by atoms with van der Waals surface area (Å²) in [7, 11) is 0. The number of aliphatic imine (C=N–C) groups is 2. The van der Waals surface area contributed by atoms with Gasteiger partial charge in [0, 0.05) is 44.2 Å². The summed E-state index contributed by atoms with van der Waals surface area (Å²) in [6, 6.07) is 3.61. The molecule has 0 bridgehead atoms. The van der Waals surface area contributed by atoms with E-state index in [1.165, 1.54) is 0 Å². The first-order valence-corrected chi connectivity index (χ1v) is 8.66. The maximum absolute atomic E-state index is 13.8. The highest BCUT2D eigenvalue weighted by Crippen LogP contribution is 2.33. The van der Waals surface area contributed by atoms with Crippen molar-refractivity contribution in [3.05, 3.63) is 18.0 Å². The Morgan fingerprint density at radius 3 is 2.58 bits per heavy atom. The number of anilines is 1. The molecule has 1 aromatic rings. The summed E-state index contributed by atoms with van der Waals surface area (Å²) in [5, 5.41) is 8.98. The molecular formula is C17H18FN7O. The van der Waals surface area contributed by atoms with E-state index < -0.39 is 12.1 Å². The molecule has 0 aliphatic carbocycles. The van der Waals surface area contributed by atoms with Gasteiger partial charge in [0.2, 0.25) is 18.1 Å². The Morgan fingerprint density at radius 1 is 1.23 bits per heavy atom. The molecule has 0 N–H and O–H groups in total. The van der Waals surface area contributed by atoms with Crippen LogP contribution in [0.25, 0.3) is 0 Å². The molecule has 3 unspecified atom stereocenters. The number of halogens is 1. The van der Waals surface area contributed by atoms with E-state index in [4.69, 9.17) is 5.26 Å². The Bertz CT molecular complexity index is 832. The second kappa shape index (κ2) is 6.44. The average Bonchev–Trinajstić information content (AvgIpc) is 3.23. The number of likely N-dealkylation sites (tertiary alicyclic amines) is 1. The van der Waals surface area contributed by atoms with Crippen LogP contribution in [0.1, 0.15) is 19.0 Å². The first kappa shape index (κ1) is 16.6. The summed E-state index contributed by atoms with van der Waals surface area (Å²) in [6.45, 7) is 4.75. The Hall–Kier alpha value is -2.89. The van der Waals surface area contributed by atoms with Gasteiger partial charge in [0.15, 0.2) is 0 Å². The number of fused-ring (bicyclic) bond motifs is 1. The van der Waals surface area contributed by atoms with Crippen LogP contribution in [0.3, 0.4) is 0 Å². The van der Waals surface area contributed by atoms with E-state index in [0.29, 0.717) is 48.9 Å². The number of aromatic nitrogens is 2. The predicted molar refractivity (Wildman–Crippen MR) is 92.6 cm³/mol. The van der Waals surface area contributed by atoms with Crippen LogP contribution >= 0.6 is 0 Å². The highest BCUT2D eigenvalue weighted by atomic mass is 19.1. The molecule has 134 valence electrons. The second-order valence-corrected chi connectivity index (χ2v) is 6.75. The van der Waals surface area contributed by atoms with E-state index in [1.807, 2.05) is 11.0 Å². The molecule has 2 fully saturated rings. The fourth-order valence-corrected chi connectivity index (χ4v) is 3.79.